The molecule has 2 aliphatic rings. The van der Waals surface area contributed by atoms with Crippen LogP contribution in [0.25, 0.3) is 0 Å². The number of piperidine rings is 1. The molecular weight excluding hydrogens is 243 g/mol. The minimum absolute atomic E-state index is 0.0530. The highest BCUT2D eigenvalue weighted by Crippen LogP contribution is 2.31. The van der Waals surface area contributed by atoms with E-state index in [9.17, 15) is 4.39 Å². The molecule has 2 aliphatic heterocycles. The average Bonchev–Trinajstić information content (AvgIpc) is 2.82. The number of likely N-dealkylation sites (tertiary alicyclic amines) is 1. The van der Waals surface area contributed by atoms with Crippen LogP contribution in [0.1, 0.15) is 26.2 Å². The number of hydrogen-bond donors (Lipinski definition) is 0. The van der Waals surface area contributed by atoms with Gasteiger partial charge in [-0.1, -0.05) is 23.8 Å². The van der Waals surface area contributed by atoms with Crippen molar-refractivity contribution in [3.63, 3.8) is 0 Å². The maximum atomic E-state index is 13.9. The monoisotopic (exact) mass is 262 g/mol. The SMILES string of the molecule is CC1N=NN(c2ccccc2F)C1N1CCCCC1. The van der Waals surface area contributed by atoms with Gasteiger partial charge in [0.2, 0.25) is 0 Å². The number of benzene rings is 1. The van der Waals surface area contributed by atoms with Gasteiger partial charge in [0.25, 0.3) is 0 Å². The number of rotatable bonds is 2. The summed E-state index contributed by atoms with van der Waals surface area (Å²) < 4.78 is 13.9. The largest absolute Gasteiger partial charge is 0.280 e. The van der Waals surface area contributed by atoms with Gasteiger partial charge in [0.15, 0.2) is 0 Å². The molecule has 3 rings (SSSR count). The summed E-state index contributed by atoms with van der Waals surface area (Å²) in [5.74, 6) is -0.238. The Hall–Kier alpha value is -1.49. The Morgan fingerprint density at radius 3 is 2.63 bits per heavy atom. The molecule has 0 aromatic heterocycles. The van der Waals surface area contributed by atoms with E-state index in [1.54, 1.807) is 17.1 Å². The van der Waals surface area contributed by atoms with E-state index in [1.165, 1.54) is 25.3 Å². The van der Waals surface area contributed by atoms with Gasteiger partial charge in [-0.2, -0.15) is 5.11 Å². The van der Waals surface area contributed by atoms with Crippen molar-refractivity contribution in [3.8, 4) is 0 Å². The van der Waals surface area contributed by atoms with Crippen LogP contribution in [0.3, 0.4) is 0 Å². The van der Waals surface area contributed by atoms with E-state index in [2.05, 4.69) is 15.2 Å². The molecule has 2 heterocycles. The summed E-state index contributed by atoms with van der Waals surface area (Å²) in [6.45, 7) is 4.14. The van der Waals surface area contributed by atoms with Crippen LogP contribution in [0.2, 0.25) is 0 Å². The van der Waals surface area contributed by atoms with Crippen LogP contribution in [0.15, 0.2) is 34.6 Å². The fraction of sp³-hybridized carbons (Fsp3) is 0.571. The Labute approximate surface area is 112 Å². The van der Waals surface area contributed by atoms with E-state index in [4.69, 9.17) is 0 Å². The molecule has 1 aromatic rings. The van der Waals surface area contributed by atoms with Gasteiger partial charge in [-0.3, -0.25) is 4.90 Å². The summed E-state index contributed by atoms with van der Waals surface area (Å²) >= 11 is 0. The number of hydrogen-bond acceptors (Lipinski definition) is 4. The van der Waals surface area contributed by atoms with E-state index in [1.807, 2.05) is 13.0 Å². The van der Waals surface area contributed by atoms with Gasteiger partial charge >= 0.3 is 0 Å². The molecule has 4 nitrogen and oxygen atoms in total. The van der Waals surface area contributed by atoms with Crippen LogP contribution in [0.5, 0.6) is 0 Å². The smallest absolute Gasteiger partial charge is 0.148 e. The van der Waals surface area contributed by atoms with Crippen LogP contribution in [0, 0.1) is 5.82 Å². The third-order valence-corrected chi connectivity index (χ3v) is 3.88. The van der Waals surface area contributed by atoms with Crippen LogP contribution in [0.4, 0.5) is 10.1 Å². The second-order valence-electron chi connectivity index (χ2n) is 5.25. The lowest BCUT2D eigenvalue weighted by Gasteiger charge is -2.37. The van der Waals surface area contributed by atoms with Crippen molar-refractivity contribution in [1.82, 2.24) is 4.90 Å². The predicted octanol–water partition coefficient (Wildman–Crippen LogP) is 3.21. The normalized spacial score (nSPS) is 28.0. The maximum Gasteiger partial charge on any atom is 0.148 e. The van der Waals surface area contributed by atoms with Crippen LogP contribution in [-0.4, -0.2) is 30.2 Å². The van der Waals surface area contributed by atoms with Gasteiger partial charge in [-0.25, -0.2) is 9.40 Å². The van der Waals surface area contributed by atoms with Crippen LogP contribution < -0.4 is 5.01 Å². The molecule has 0 N–H and O–H groups in total. The molecule has 1 aromatic carbocycles. The highest BCUT2D eigenvalue weighted by atomic mass is 19.1. The number of nitrogens with zero attached hydrogens (tertiary/aromatic N) is 4. The van der Waals surface area contributed by atoms with Crippen molar-refractivity contribution in [2.75, 3.05) is 18.1 Å². The zero-order chi connectivity index (χ0) is 13.2. The average molecular weight is 262 g/mol. The molecule has 0 spiro atoms. The first-order valence-corrected chi connectivity index (χ1v) is 6.96. The lowest BCUT2D eigenvalue weighted by atomic mass is 10.1. The van der Waals surface area contributed by atoms with Gasteiger partial charge < -0.3 is 0 Å². The Morgan fingerprint density at radius 2 is 1.89 bits per heavy atom. The molecule has 2 atom stereocenters. The predicted molar refractivity (Wildman–Crippen MR) is 72.4 cm³/mol. The van der Waals surface area contributed by atoms with Crippen molar-refractivity contribution in [3.05, 3.63) is 30.1 Å². The number of para-hydroxylation sites is 1. The third-order valence-electron chi connectivity index (χ3n) is 3.88. The van der Waals surface area contributed by atoms with Gasteiger partial charge in [-0.05, 0) is 31.9 Å². The fourth-order valence-electron chi connectivity index (χ4n) is 2.92. The molecule has 102 valence electrons. The second-order valence-corrected chi connectivity index (χ2v) is 5.25. The maximum absolute atomic E-state index is 13.9. The Kier molecular flexibility index (Phi) is 3.46. The van der Waals surface area contributed by atoms with Crippen molar-refractivity contribution < 1.29 is 4.39 Å². The molecule has 1 fully saturated rings. The third kappa shape index (κ3) is 2.34. The molecule has 19 heavy (non-hydrogen) atoms. The van der Waals surface area contributed by atoms with Crippen LogP contribution >= 0.6 is 0 Å². The van der Waals surface area contributed by atoms with Gasteiger partial charge in [0.1, 0.15) is 18.0 Å². The van der Waals surface area contributed by atoms with Crippen molar-refractivity contribution >= 4 is 5.69 Å². The van der Waals surface area contributed by atoms with E-state index < -0.39 is 0 Å². The Bertz CT molecular complexity index is 470. The molecule has 0 saturated carbocycles. The molecule has 0 radical (unpaired) electrons. The summed E-state index contributed by atoms with van der Waals surface area (Å²) in [6.07, 6.45) is 3.74. The molecule has 0 amide bonds. The lowest BCUT2D eigenvalue weighted by molar-refractivity contribution is 0.154. The summed E-state index contributed by atoms with van der Waals surface area (Å²) in [4.78, 5) is 2.38. The van der Waals surface area contributed by atoms with E-state index in [0.29, 0.717) is 5.69 Å². The van der Waals surface area contributed by atoms with E-state index in [-0.39, 0.29) is 18.0 Å². The molecule has 0 bridgehead atoms. The lowest BCUT2D eigenvalue weighted by Crippen LogP contribution is -2.51. The van der Waals surface area contributed by atoms with Gasteiger partial charge in [0.05, 0.1) is 5.69 Å². The molecule has 5 heteroatoms. The summed E-state index contributed by atoms with van der Waals surface area (Å²) in [6, 6.07) is 6.86. The number of halogens is 1. The van der Waals surface area contributed by atoms with Gasteiger partial charge in [-0.15, -0.1) is 0 Å². The minimum Gasteiger partial charge on any atom is -0.280 e. The van der Waals surface area contributed by atoms with Crippen molar-refractivity contribution in [2.45, 2.75) is 38.4 Å². The summed E-state index contributed by atoms with van der Waals surface area (Å²) in [5.41, 5.74) is 0.520. The first-order chi connectivity index (χ1) is 9.27. The number of anilines is 1. The molecule has 2 unspecified atom stereocenters. The highest BCUT2D eigenvalue weighted by Gasteiger charge is 2.36. The topological polar surface area (TPSA) is 31.2 Å². The Morgan fingerprint density at radius 1 is 1.16 bits per heavy atom. The van der Waals surface area contributed by atoms with Crippen molar-refractivity contribution in [1.29, 1.82) is 0 Å². The quantitative estimate of drug-likeness (QED) is 0.819. The van der Waals surface area contributed by atoms with Gasteiger partial charge in [0, 0.05) is 13.1 Å². The van der Waals surface area contributed by atoms with Crippen LogP contribution in [-0.2, 0) is 0 Å². The zero-order valence-corrected chi connectivity index (χ0v) is 11.2. The minimum atomic E-state index is -0.238. The standard InChI is InChI=1S/C14H19FN4/c1-11-14(18-9-5-2-6-10-18)19(17-16-11)13-8-4-3-7-12(13)15/h3-4,7-8,11,14H,2,5-6,9-10H2,1H3. The summed E-state index contributed by atoms with van der Waals surface area (Å²) in [7, 11) is 0. The molecular formula is C14H19FN4. The van der Waals surface area contributed by atoms with E-state index >= 15 is 0 Å². The first-order valence-electron chi connectivity index (χ1n) is 6.96. The molecule has 1 saturated heterocycles. The Balaban J connectivity index is 1.87. The second kappa shape index (κ2) is 5.25. The van der Waals surface area contributed by atoms with Crippen molar-refractivity contribution in [2.24, 2.45) is 10.3 Å². The highest BCUT2D eigenvalue weighted by molar-refractivity contribution is 5.48. The fourth-order valence-corrected chi connectivity index (χ4v) is 2.92. The summed E-state index contributed by atoms with van der Waals surface area (Å²) in [5, 5.41) is 10.2. The zero-order valence-electron chi connectivity index (χ0n) is 11.2. The first kappa shape index (κ1) is 12.5. The van der Waals surface area contributed by atoms with E-state index in [0.717, 1.165) is 13.1 Å². The molecule has 0 aliphatic carbocycles.